The molecule has 0 aromatic heterocycles. The summed E-state index contributed by atoms with van der Waals surface area (Å²) in [6.07, 6.45) is -3.87. The first kappa shape index (κ1) is 11.2. The van der Waals surface area contributed by atoms with Crippen LogP contribution in [-0.2, 0) is 4.74 Å². The molecule has 0 aliphatic carbocycles. The minimum absolute atomic E-state index is 0.185. The molecule has 0 spiro atoms. The third-order valence-corrected chi connectivity index (χ3v) is 2.06. The predicted octanol–water partition coefficient (Wildman–Crippen LogP) is -1.90. The fourth-order valence-corrected chi connectivity index (χ4v) is 1.26. The number of azide groups is 1. The second-order valence-electron chi connectivity index (χ2n) is 3.04. The Bertz CT molecular complexity index is 256. The molecule has 1 aliphatic rings. The first-order valence-electron chi connectivity index (χ1n) is 3.92. The van der Waals surface area contributed by atoms with Gasteiger partial charge in [0.25, 0.3) is 0 Å². The molecule has 0 radical (unpaired) electrons. The number of nitrogens with zero attached hydrogens (tertiary/aromatic N) is 3. The lowest BCUT2D eigenvalue weighted by Crippen LogP contribution is -2.50. The van der Waals surface area contributed by atoms with Crippen molar-refractivity contribution < 1.29 is 25.2 Å². The van der Waals surface area contributed by atoms with Crippen molar-refractivity contribution in [1.29, 1.82) is 0 Å². The second kappa shape index (κ2) is 4.09. The van der Waals surface area contributed by atoms with E-state index in [2.05, 4.69) is 10.0 Å². The van der Waals surface area contributed by atoms with E-state index < -0.39 is 30.6 Å². The summed E-state index contributed by atoms with van der Waals surface area (Å²) in [5.74, 6) is 0. The van der Waals surface area contributed by atoms with Gasteiger partial charge in [-0.1, -0.05) is 5.11 Å². The summed E-state index contributed by atoms with van der Waals surface area (Å²) in [7, 11) is 0. The Hall–Kier alpha value is -0.890. The molecule has 8 heteroatoms. The molecule has 0 saturated carbocycles. The lowest BCUT2D eigenvalue weighted by atomic mass is 10.0. The fraction of sp³-hybridized carbons (Fsp3) is 1.00. The Morgan fingerprint density at radius 1 is 1.57 bits per heavy atom. The number of aliphatic hydroxyl groups excluding tert-OH is 3. The fourth-order valence-electron chi connectivity index (χ4n) is 1.26. The van der Waals surface area contributed by atoms with E-state index >= 15 is 0 Å². The topological polar surface area (TPSA) is 139 Å². The van der Waals surface area contributed by atoms with Crippen molar-refractivity contribution in [3.8, 4) is 0 Å². The zero-order valence-corrected chi connectivity index (χ0v) is 7.19. The summed E-state index contributed by atoms with van der Waals surface area (Å²) in [5, 5.41) is 39.7. The van der Waals surface area contributed by atoms with Crippen LogP contribution >= 0.6 is 0 Å². The SMILES string of the molecule is [N-]=[N+]=N[C@@](O)(CO)[C@H]1OC[C@H](O)[C@H]1O. The number of hydrogen-bond acceptors (Lipinski definition) is 6. The molecule has 1 heterocycles. The number of aliphatic hydroxyl groups is 4. The molecule has 0 amide bonds. The quantitative estimate of drug-likeness (QED) is 0.242. The average Bonchev–Trinajstić information content (AvgIpc) is 2.48. The molecule has 0 aromatic carbocycles. The highest BCUT2D eigenvalue weighted by Crippen LogP contribution is 2.26. The molecule has 8 nitrogen and oxygen atoms in total. The molecule has 4 atom stereocenters. The lowest BCUT2D eigenvalue weighted by molar-refractivity contribution is -0.135. The molecule has 1 saturated heterocycles. The average molecular weight is 205 g/mol. The Morgan fingerprint density at radius 2 is 2.21 bits per heavy atom. The Kier molecular flexibility index (Phi) is 3.27. The minimum Gasteiger partial charge on any atom is -0.393 e. The van der Waals surface area contributed by atoms with Gasteiger partial charge in [-0.05, 0) is 5.53 Å². The van der Waals surface area contributed by atoms with E-state index in [0.29, 0.717) is 0 Å². The maximum atomic E-state index is 9.54. The van der Waals surface area contributed by atoms with Gasteiger partial charge in [-0.3, -0.25) is 0 Å². The highest BCUT2D eigenvalue weighted by Gasteiger charge is 2.48. The third kappa shape index (κ3) is 1.80. The maximum absolute atomic E-state index is 9.54. The van der Waals surface area contributed by atoms with E-state index in [1.54, 1.807) is 0 Å². The van der Waals surface area contributed by atoms with Gasteiger partial charge in [0.1, 0.15) is 18.3 Å². The molecule has 0 unspecified atom stereocenters. The predicted molar refractivity (Wildman–Crippen MR) is 42.9 cm³/mol. The van der Waals surface area contributed by atoms with Crippen LogP contribution in [0.3, 0.4) is 0 Å². The van der Waals surface area contributed by atoms with Crippen molar-refractivity contribution in [2.45, 2.75) is 24.0 Å². The molecule has 0 bridgehead atoms. The van der Waals surface area contributed by atoms with Crippen molar-refractivity contribution in [3.63, 3.8) is 0 Å². The van der Waals surface area contributed by atoms with E-state index in [1.807, 2.05) is 0 Å². The smallest absolute Gasteiger partial charge is 0.195 e. The molecular weight excluding hydrogens is 194 g/mol. The zero-order chi connectivity index (χ0) is 10.8. The van der Waals surface area contributed by atoms with Gasteiger partial charge in [0.05, 0.1) is 13.2 Å². The van der Waals surface area contributed by atoms with Gasteiger partial charge >= 0.3 is 0 Å². The van der Waals surface area contributed by atoms with Crippen LogP contribution in [0.2, 0.25) is 0 Å². The van der Waals surface area contributed by atoms with Gasteiger partial charge in [-0.25, -0.2) is 0 Å². The van der Waals surface area contributed by atoms with Crippen LogP contribution in [-0.4, -0.2) is 57.7 Å². The molecule has 0 aromatic rings. The summed E-state index contributed by atoms with van der Waals surface area (Å²) in [6, 6.07) is 0. The number of hydrogen-bond donors (Lipinski definition) is 4. The van der Waals surface area contributed by atoms with Gasteiger partial charge in [0.2, 0.25) is 0 Å². The highest BCUT2D eigenvalue weighted by molar-refractivity contribution is 4.96. The van der Waals surface area contributed by atoms with Crippen LogP contribution in [0.4, 0.5) is 0 Å². The Morgan fingerprint density at radius 3 is 2.57 bits per heavy atom. The summed E-state index contributed by atoms with van der Waals surface area (Å²) in [6.45, 7) is -1.08. The molecular formula is C6H11N3O5. The zero-order valence-electron chi connectivity index (χ0n) is 7.19. The number of rotatable bonds is 3. The van der Waals surface area contributed by atoms with Crippen LogP contribution in [0.1, 0.15) is 0 Å². The molecule has 4 N–H and O–H groups in total. The van der Waals surface area contributed by atoms with Crippen LogP contribution < -0.4 is 0 Å². The van der Waals surface area contributed by atoms with E-state index in [-0.39, 0.29) is 6.61 Å². The van der Waals surface area contributed by atoms with Crippen molar-refractivity contribution >= 4 is 0 Å². The first-order chi connectivity index (χ1) is 6.55. The van der Waals surface area contributed by atoms with Crippen LogP contribution in [0.25, 0.3) is 10.4 Å². The minimum atomic E-state index is -2.24. The first-order valence-corrected chi connectivity index (χ1v) is 3.92. The van der Waals surface area contributed by atoms with Gasteiger partial charge in [-0.15, -0.1) is 0 Å². The van der Waals surface area contributed by atoms with E-state index in [0.717, 1.165) is 0 Å². The molecule has 1 rings (SSSR count). The summed E-state index contributed by atoms with van der Waals surface area (Å²) in [4.78, 5) is 2.32. The van der Waals surface area contributed by atoms with Crippen molar-refractivity contribution in [1.82, 2.24) is 0 Å². The highest BCUT2D eigenvalue weighted by atomic mass is 16.5. The summed E-state index contributed by atoms with van der Waals surface area (Å²) in [5.41, 5.74) is 5.89. The molecule has 1 aliphatic heterocycles. The normalized spacial score (nSPS) is 36.1. The summed E-state index contributed by atoms with van der Waals surface area (Å²) < 4.78 is 4.81. The maximum Gasteiger partial charge on any atom is 0.195 e. The number of ether oxygens (including phenoxy) is 1. The van der Waals surface area contributed by atoms with Crippen molar-refractivity contribution in [3.05, 3.63) is 10.4 Å². The van der Waals surface area contributed by atoms with E-state index in [4.69, 9.17) is 20.5 Å². The van der Waals surface area contributed by atoms with E-state index in [9.17, 15) is 10.2 Å². The molecule has 80 valence electrons. The van der Waals surface area contributed by atoms with Crippen molar-refractivity contribution in [2.75, 3.05) is 13.2 Å². The van der Waals surface area contributed by atoms with Crippen LogP contribution in [0, 0.1) is 0 Å². The van der Waals surface area contributed by atoms with Crippen LogP contribution in [0.15, 0.2) is 5.11 Å². The Balaban J connectivity index is 2.85. The third-order valence-electron chi connectivity index (χ3n) is 2.06. The second-order valence-corrected chi connectivity index (χ2v) is 3.04. The van der Waals surface area contributed by atoms with Crippen LogP contribution in [0.5, 0.6) is 0 Å². The molecule has 1 fully saturated rings. The monoisotopic (exact) mass is 205 g/mol. The summed E-state index contributed by atoms with van der Waals surface area (Å²) >= 11 is 0. The lowest BCUT2D eigenvalue weighted by Gasteiger charge is -2.28. The largest absolute Gasteiger partial charge is 0.393 e. The van der Waals surface area contributed by atoms with Gasteiger partial charge < -0.3 is 25.2 Å². The standard InChI is InChI=1S/C6H11N3O5/c7-9-8-6(13,2-10)5-4(12)3(11)1-14-5/h3-5,10-13H,1-2H2/t3-,4+,5-,6+/m0/s1. The van der Waals surface area contributed by atoms with Crippen molar-refractivity contribution in [2.24, 2.45) is 5.11 Å². The van der Waals surface area contributed by atoms with Gasteiger partial charge in [0, 0.05) is 4.91 Å². The van der Waals surface area contributed by atoms with Gasteiger partial charge in [-0.2, -0.15) is 0 Å². The van der Waals surface area contributed by atoms with Gasteiger partial charge in [0.15, 0.2) is 5.72 Å². The molecule has 14 heavy (non-hydrogen) atoms. The Labute approximate surface area is 79.0 Å². The van der Waals surface area contributed by atoms with E-state index in [1.165, 1.54) is 0 Å².